The number of hydrogen-bond donors (Lipinski definition) is 1. The van der Waals surface area contributed by atoms with Crippen LogP contribution >= 0.6 is 0 Å². The Morgan fingerprint density at radius 2 is 1.89 bits per heavy atom. The number of benzene rings is 1. The van der Waals surface area contributed by atoms with Crippen molar-refractivity contribution in [3.05, 3.63) is 45.7 Å². The number of nitriles is 2. The molecule has 1 aliphatic heterocycles. The largest absolute Gasteiger partial charge is 0.496 e. The first-order valence-corrected chi connectivity index (χ1v) is 8.51. The molecular weight excluding hydrogens is 356 g/mol. The van der Waals surface area contributed by atoms with E-state index in [0.717, 1.165) is 22.3 Å². The Bertz CT molecular complexity index is 1180. The van der Waals surface area contributed by atoms with Crippen LogP contribution in [0.5, 0.6) is 17.2 Å². The molecule has 0 radical (unpaired) electrons. The van der Waals surface area contributed by atoms with Gasteiger partial charge in [0.25, 0.3) is 0 Å². The van der Waals surface area contributed by atoms with E-state index in [1.807, 2.05) is 26.0 Å². The van der Waals surface area contributed by atoms with Gasteiger partial charge in [0.15, 0.2) is 11.5 Å². The molecule has 0 saturated carbocycles. The number of nitrogen functional groups attached to an aromatic ring is 1. The van der Waals surface area contributed by atoms with Gasteiger partial charge < -0.3 is 19.9 Å². The Kier molecular flexibility index (Phi) is 3.94. The maximum Gasteiger partial charge on any atom is 0.231 e. The Morgan fingerprint density at radius 1 is 1.18 bits per heavy atom. The minimum atomic E-state index is 0.126. The normalized spacial score (nSPS) is 15.4. The summed E-state index contributed by atoms with van der Waals surface area (Å²) in [4.78, 5) is 4.34. The van der Waals surface area contributed by atoms with Gasteiger partial charge in [-0.25, -0.2) is 4.98 Å². The van der Waals surface area contributed by atoms with Gasteiger partial charge in [0, 0.05) is 17.2 Å². The van der Waals surface area contributed by atoms with Crippen LogP contribution < -0.4 is 19.9 Å². The molecule has 2 aromatic rings. The lowest BCUT2D eigenvalue weighted by Crippen LogP contribution is -2.03. The third-order valence-electron chi connectivity index (χ3n) is 5.01. The van der Waals surface area contributed by atoms with Crippen LogP contribution in [0.15, 0.2) is 17.7 Å². The first-order chi connectivity index (χ1) is 13.5. The molecule has 1 aliphatic carbocycles. The third kappa shape index (κ3) is 2.38. The Morgan fingerprint density at radius 3 is 2.54 bits per heavy atom. The Labute approximate surface area is 161 Å². The standard InChI is InChI=1S/C21H16N4O3/c1-10-13(4-12-5-17-18(28-9-27-17)6-16(12)26-3)19-11(2)15(8-23)21(24)25-20(19)14(10)7-22/h4-6H,9H2,1-3H3,(H2,24,25)/b13-4-. The molecule has 7 nitrogen and oxygen atoms in total. The Hall–Kier alpha value is -3.97. The molecule has 0 spiro atoms. The van der Waals surface area contributed by atoms with E-state index in [-0.39, 0.29) is 12.6 Å². The summed E-state index contributed by atoms with van der Waals surface area (Å²) in [5.74, 6) is 1.98. The fraction of sp³-hybridized carbons (Fsp3) is 0.190. The predicted molar refractivity (Wildman–Crippen MR) is 103 cm³/mol. The molecule has 0 atom stereocenters. The summed E-state index contributed by atoms with van der Waals surface area (Å²) in [6.07, 6.45) is 1.91. The van der Waals surface area contributed by atoms with Crippen molar-refractivity contribution in [2.45, 2.75) is 13.8 Å². The number of hydrogen-bond acceptors (Lipinski definition) is 7. The lowest BCUT2D eigenvalue weighted by molar-refractivity contribution is 0.174. The fourth-order valence-corrected chi connectivity index (χ4v) is 3.58. The van der Waals surface area contributed by atoms with Gasteiger partial charge in [-0.05, 0) is 42.7 Å². The van der Waals surface area contributed by atoms with E-state index in [4.69, 9.17) is 19.9 Å². The van der Waals surface area contributed by atoms with Gasteiger partial charge in [-0.1, -0.05) is 0 Å². The van der Waals surface area contributed by atoms with Gasteiger partial charge in [0.2, 0.25) is 6.79 Å². The van der Waals surface area contributed by atoms with E-state index in [1.165, 1.54) is 0 Å². The highest BCUT2D eigenvalue weighted by molar-refractivity contribution is 6.09. The number of nitrogens with two attached hydrogens (primary N) is 1. The molecule has 0 bridgehead atoms. The van der Waals surface area contributed by atoms with Crippen molar-refractivity contribution in [3.8, 4) is 29.4 Å². The zero-order valence-corrected chi connectivity index (χ0v) is 15.6. The van der Waals surface area contributed by atoms with E-state index >= 15 is 0 Å². The van der Waals surface area contributed by atoms with Crippen molar-refractivity contribution >= 4 is 23.0 Å². The molecule has 2 aliphatic rings. The van der Waals surface area contributed by atoms with Crippen LogP contribution in [0.3, 0.4) is 0 Å². The highest BCUT2D eigenvalue weighted by atomic mass is 16.7. The second-order valence-corrected chi connectivity index (χ2v) is 6.45. The average Bonchev–Trinajstić information content (AvgIpc) is 3.23. The van der Waals surface area contributed by atoms with E-state index in [9.17, 15) is 10.5 Å². The fourth-order valence-electron chi connectivity index (χ4n) is 3.58. The van der Waals surface area contributed by atoms with Gasteiger partial charge in [-0.15, -0.1) is 0 Å². The quantitative estimate of drug-likeness (QED) is 0.859. The van der Waals surface area contributed by atoms with E-state index in [0.29, 0.717) is 39.6 Å². The highest BCUT2D eigenvalue weighted by Crippen LogP contribution is 2.46. The van der Waals surface area contributed by atoms with Gasteiger partial charge in [0.1, 0.15) is 23.7 Å². The van der Waals surface area contributed by atoms with Crippen molar-refractivity contribution in [2.75, 3.05) is 19.6 Å². The van der Waals surface area contributed by atoms with Crippen molar-refractivity contribution < 1.29 is 14.2 Å². The van der Waals surface area contributed by atoms with Crippen LogP contribution in [0.1, 0.15) is 34.9 Å². The first kappa shape index (κ1) is 17.4. The van der Waals surface area contributed by atoms with Gasteiger partial charge in [-0.2, -0.15) is 10.5 Å². The lowest BCUT2D eigenvalue weighted by Gasteiger charge is -2.12. The predicted octanol–water partition coefficient (Wildman–Crippen LogP) is 3.43. The topological polar surface area (TPSA) is 114 Å². The minimum absolute atomic E-state index is 0.126. The number of rotatable bonds is 2. The molecule has 0 unspecified atom stereocenters. The van der Waals surface area contributed by atoms with Crippen LogP contribution in [0.25, 0.3) is 17.2 Å². The first-order valence-electron chi connectivity index (χ1n) is 8.51. The number of ether oxygens (including phenoxy) is 3. The number of fused-ring (bicyclic) bond motifs is 2. The molecule has 138 valence electrons. The number of pyridine rings is 1. The minimum Gasteiger partial charge on any atom is -0.496 e. The molecule has 1 aromatic heterocycles. The highest BCUT2D eigenvalue weighted by Gasteiger charge is 2.30. The average molecular weight is 372 g/mol. The van der Waals surface area contributed by atoms with E-state index in [1.54, 1.807) is 13.2 Å². The Balaban J connectivity index is 2.00. The smallest absolute Gasteiger partial charge is 0.231 e. The van der Waals surface area contributed by atoms with E-state index in [2.05, 4.69) is 17.1 Å². The summed E-state index contributed by atoms with van der Waals surface area (Å²) in [6, 6.07) is 7.91. The van der Waals surface area contributed by atoms with Crippen molar-refractivity contribution in [1.82, 2.24) is 4.98 Å². The van der Waals surface area contributed by atoms with Crippen molar-refractivity contribution in [2.24, 2.45) is 0 Å². The van der Waals surface area contributed by atoms with Crippen molar-refractivity contribution in [3.63, 3.8) is 0 Å². The van der Waals surface area contributed by atoms with Crippen LogP contribution in [0, 0.1) is 29.6 Å². The van der Waals surface area contributed by atoms with Crippen molar-refractivity contribution in [1.29, 1.82) is 10.5 Å². The summed E-state index contributed by atoms with van der Waals surface area (Å²) in [7, 11) is 1.58. The second-order valence-electron chi connectivity index (χ2n) is 6.45. The summed E-state index contributed by atoms with van der Waals surface area (Å²) in [5, 5.41) is 19.1. The summed E-state index contributed by atoms with van der Waals surface area (Å²) >= 11 is 0. The molecule has 0 saturated heterocycles. The number of aromatic nitrogens is 1. The van der Waals surface area contributed by atoms with Gasteiger partial charge in [-0.3, -0.25) is 0 Å². The monoisotopic (exact) mass is 372 g/mol. The summed E-state index contributed by atoms with van der Waals surface area (Å²) in [6.45, 7) is 3.83. The molecule has 2 N–H and O–H groups in total. The molecular formula is C21H16N4O3. The van der Waals surface area contributed by atoms with Crippen LogP contribution in [0.2, 0.25) is 0 Å². The number of allylic oxidation sites excluding steroid dienone is 3. The number of methoxy groups -OCH3 is 1. The molecule has 7 heteroatoms. The third-order valence-corrected chi connectivity index (χ3v) is 5.01. The summed E-state index contributed by atoms with van der Waals surface area (Å²) < 4.78 is 16.4. The van der Waals surface area contributed by atoms with Crippen LogP contribution in [0.4, 0.5) is 5.82 Å². The molecule has 0 fully saturated rings. The zero-order chi connectivity index (χ0) is 20.0. The number of nitrogens with zero attached hydrogens (tertiary/aromatic N) is 3. The van der Waals surface area contributed by atoms with Gasteiger partial charge >= 0.3 is 0 Å². The van der Waals surface area contributed by atoms with Gasteiger partial charge in [0.05, 0.1) is 23.9 Å². The van der Waals surface area contributed by atoms with E-state index < -0.39 is 0 Å². The SMILES string of the molecule is COc1cc2c(cc1/C=C1/C(C)=C(C#N)c3nc(N)c(C#N)c(C)c31)OCO2. The van der Waals surface area contributed by atoms with Crippen LogP contribution in [-0.2, 0) is 0 Å². The second kappa shape index (κ2) is 6.33. The van der Waals surface area contributed by atoms with Crippen LogP contribution in [-0.4, -0.2) is 18.9 Å². The molecule has 4 rings (SSSR count). The molecule has 1 aromatic carbocycles. The molecule has 2 heterocycles. The lowest BCUT2D eigenvalue weighted by atomic mass is 9.95. The molecule has 0 amide bonds. The zero-order valence-electron chi connectivity index (χ0n) is 15.6. The number of anilines is 1. The maximum atomic E-state index is 9.66. The summed E-state index contributed by atoms with van der Waals surface area (Å²) in [5.41, 5.74) is 11.0. The molecule has 28 heavy (non-hydrogen) atoms. The maximum absolute atomic E-state index is 9.66.